The van der Waals surface area contributed by atoms with Crippen LogP contribution in [0.15, 0.2) is 18.2 Å². The van der Waals surface area contributed by atoms with E-state index in [-0.39, 0.29) is 23.3 Å². The molecule has 3 N–H and O–H groups in total. The lowest BCUT2D eigenvalue weighted by Gasteiger charge is -2.33. The van der Waals surface area contributed by atoms with Crippen LogP contribution >= 0.6 is 0 Å². The molecule has 0 unspecified atom stereocenters. The Morgan fingerprint density at radius 2 is 2.10 bits per heavy atom. The van der Waals surface area contributed by atoms with Gasteiger partial charge < -0.3 is 16.0 Å². The molecule has 2 rings (SSSR count). The summed E-state index contributed by atoms with van der Waals surface area (Å²) >= 11 is 0. The lowest BCUT2D eigenvalue weighted by atomic mass is 10.0. The van der Waals surface area contributed by atoms with Crippen molar-refractivity contribution in [2.45, 2.75) is 25.8 Å². The average Bonchev–Trinajstić information content (AvgIpc) is 2.38. The summed E-state index contributed by atoms with van der Waals surface area (Å²) in [5.74, 6) is -0.0432. The number of carbonyl (C=O) groups excluding carboxylic acids is 1. The maximum Gasteiger partial charge on any atom is 0.315 e. The third-order valence-corrected chi connectivity index (χ3v) is 3.47. The summed E-state index contributed by atoms with van der Waals surface area (Å²) < 4.78 is 0. The Morgan fingerprint density at radius 1 is 1.45 bits per heavy atom. The van der Waals surface area contributed by atoms with Gasteiger partial charge >= 0.3 is 5.69 Å². The fourth-order valence-electron chi connectivity index (χ4n) is 2.55. The van der Waals surface area contributed by atoms with Gasteiger partial charge in [0.05, 0.1) is 4.92 Å². The number of para-hydroxylation sites is 1. The molecule has 0 aromatic heterocycles. The van der Waals surface area contributed by atoms with Crippen LogP contribution in [0.4, 0.5) is 17.1 Å². The number of nitro benzene ring substituents is 1. The quantitative estimate of drug-likeness (QED) is 0.492. The zero-order chi connectivity index (χ0) is 14.7. The van der Waals surface area contributed by atoms with E-state index in [0.29, 0.717) is 18.8 Å². The minimum Gasteiger partial charge on any atom is -0.393 e. The van der Waals surface area contributed by atoms with Crippen LogP contribution in [-0.4, -0.2) is 30.0 Å². The highest BCUT2D eigenvalue weighted by atomic mass is 16.6. The molecule has 0 bridgehead atoms. The van der Waals surface area contributed by atoms with Gasteiger partial charge in [0, 0.05) is 26.1 Å². The van der Waals surface area contributed by atoms with Crippen LogP contribution in [0, 0.1) is 10.1 Å². The van der Waals surface area contributed by atoms with Gasteiger partial charge in [-0.3, -0.25) is 14.9 Å². The van der Waals surface area contributed by atoms with Crippen LogP contribution in [0.25, 0.3) is 0 Å². The molecule has 0 spiro atoms. The summed E-state index contributed by atoms with van der Waals surface area (Å²) in [6.07, 6.45) is 1.54. The number of hydrogen-bond acceptors (Lipinski definition) is 5. The number of nitro groups is 1. The van der Waals surface area contributed by atoms with Gasteiger partial charge in [0.2, 0.25) is 5.91 Å². The summed E-state index contributed by atoms with van der Waals surface area (Å²) in [6.45, 7) is 2.82. The molecule has 108 valence electrons. The van der Waals surface area contributed by atoms with Crippen molar-refractivity contribution in [1.29, 1.82) is 0 Å². The van der Waals surface area contributed by atoms with Crippen molar-refractivity contribution in [1.82, 2.24) is 5.32 Å². The number of amides is 1. The van der Waals surface area contributed by atoms with Gasteiger partial charge in [-0.15, -0.1) is 0 Å². The van der Waals surface area contributed by atoms with Crippen LogP contribution in [0.5, 0.6) is 0 Å². The second-order valence-electron chi connectivity index (χ2n) is 4.93. The number of nitrogens with one attached hydrogen (secondary N) is 1. The van der Waals surface area contributed by atoms with Gasteiger partial charge in [0.15, 0.2) is 0 Å². The third-order valence-electron chi connectivity index (χ3n) is 3.47. The van der Waals surface area contributed by atoms with Crippen molar-refractivity contribution < 1.29 is 9.72 Å². The van der Waals surface area contributed by atoms with Crippen molar-refractivity contribution in [2.75, 3.05) is 23.7 Å². The number of piperidine rings is 1. The molecule has 0 atom stereocenters. The van der Waals surface area contributed by atoms with Gasteiger partial charge in [0.25, 0.3) is 0 Å². The molecule has 1 aliphatic rings. The zero-order valence-corrected chi connectivity index (χ0v) is 11.3. The van der Waals surface area contributed by atoms with Gasteiger partial charge in [-0.1, -0.05) is 6.07 Å². The van der Waals surface area contributed by atoms with Crippen LogP contribution in [-0.2, 0) is 4.79 Å². The molecule has 1 heterocycles. The second kappa shape index (κ2) is 5.77. The van der Waals surface area contributed by atoms with Gasteiger partial charge in [-0.05, 0) is 25.0 Å². The van der Waals surface area contributed by atoms with Crippen molar-refractivity contribution >= 4 is 23.0 Å². The Morgan fingerprint density at radius 3 is 2.65 bits per heavy atom. The smallest absolute Gasteiger partial charge is 0.315 e. The Bertz CT molecular complexity index is 524. The molecule has 0 aliphatic carbocycles. The van der Waals surface area contributed by atoms with Crippen LogP contribution in [0.1, 0.15) is 19.8 Å². The van der Waals surface area contributed by atoms with E-state index < -0.39 is 4.92 Å². The maximum absolute atomic E-state index is 11.1. The van der Waals surface area contributed by atoms with Crippen molar-refractivity contribution in [3.8, 4) is 0 Å². The summed E-state index contributed by atoms with van der Waals surface area (Å²) in [5.41, 5.74) is 6.39. The van der Waals surface area contributed by atoms with E-state index in [2.05, 4.69) is 5.32 Å². The molecule has 1 aliphatic heterocycles. The first-order valence-corrected chi connectivity index (χ1v) is 6.54. The number of carbonyl (C=O) groups is 1. The van der Waals surface area contributed by atoms with E-state index in [1.807, 2.05) is 4.90 Å². The summed E-state index contributed by atoms with van der Waals surface area (Å²) in [7, 11) is 0. The topological polar surface area (TPSA) is 102 Å². The first-order chi connectivity index (χ1) is 9.49. The summed E-state index contributed by atoms with van der Waals surface area (Å²) in [4.78, 5) is 23.7. The molecular weight excluding hydrogens is 260 g/mol. The fraction of sp³-hybridized carbons (Fsp3) is 0.462. The molecule has 0 saturated carbocycles. The minimum atomic E-state index is -0.440. The highest BCUT2D eigenvalue weighted by Crippen LogP contribution is 2.34. The van der Waals surface area contributed by atoms with E-state index >= 15 is 0 Å². The largest absolute Gasteiger partial charge is 0.393 e. The molecule has 0 radical (unpaired) electrons. The number of anilines is 2. The predicted octanol–water partition coefficient (Wildman–Crippen LogP) is 1.28. The first kappa shape index (κ1) is 14.1. The molecule has 20 heavy (non-hydrogen) atoms. The van der Waals surface area contributed by atoms with E-state index in [1.54, 1.807) is 12.1 Å². The van der Waals surface area contributed by atoms with E-state index in [0.717, 1.165) is 12.8 Å². The van der Waals surface area contributed by atoms with Gasteiger partial charge in [-0.25, -0.2) is 0 Å². The van der Waals surface area contributed by atoms with Crippen molar-refractivity contribution in [2.24, 2.45) is 0 Å². The van der Waals surface area contributed by atoms with E-state index in [4.69, 9.17) is 5.73 Å². The van der Waals surface area contributed by atoms with Crippen LogP contribution < -0.4 is 16.0 Å². The minimum absolute atomic E-state index is 0.0366. The lowest BCUT2D eigenvalue weighted by molar-refractivity contribution is -0.383. The van der Waals surface area contributed by atoms with Crippen LogP contribution in [0.3, 0.4) is 0 Å². The van der Waals surface area contributed by atoms with Crippen molar-refractivity contribution in [3.05, 3.63) is 28.3 Å². The number of nitrogen functional groups attached to an aromatic ring is 1. The van der Waals surface area contributed by atoms with Crippen LogP contribution in [0.2, 0.25) is 0 Å². The molecule has 1 amide bonds. The highest BCUT2D eigenvalue weighted by Gasteiger charge is 2.26. The number of rotatable bonds is 3. The molecule has 7 heteroatoms. The van der Waals surface area contributed by atoms with E-state index in [1.165, 1.54) is 13.0 Å². The third kappa shape index (κ3) is 2.98. The fourth-order valence-corrected chi connectivity index (χ4v) is 2.55. The number of nitrogens with zero attached hydrogens (tertiary/aromatic N) is 2. The Hall–Kier alpha value is -2.31. The van der Waals surface area contributed by atoms with Gasteiger partial charge in [-0.2, -0.15) is 0 Å². The monoisotopic (exact) mass is 278 g/mol. The molecule has 1 aromatic carbocycles. The first-order valence-electron chi connectivity index (χ1n) is 6.54. The SMILES string of the molecule is CC(=O)NC1CCN(c2cccc(N)c2[N+](=O)[O-])CC1. The number of benzene rings is 1. The predicted molar refractivity (Wildman–Crippen MR) is 76.6 cm³/mol. The Kier molecular flexibility index (Phi) is 4.07. The zero-order valence-electron chi connectivity index (χ0n) is 11.3. The second-order valence-corrected chi connectivity index (χ2v) is 4.93. The van der Waals surface area contributed by atoms with Gasteiger partial charge in [0.1, 0.15) is 11.4 Å². The normalized spacial score (nSPS) is 15.9. The summed E-state index contributed by atoms with van der Waals surface area (Å²) in [6, 6.07) is 5.11. The number of nitrogens with two attached hydrogens (primary N) is 1. The highest BCUT2D eigenvalue weighted by molar-refractivity contribution is 5.75. The number of hydrogen-bond donors (Lipinski definition) is 2. The Balaban J connectivity index is 2.13. The molecule has 1 saturated heterocycles. The molecular formula is C13H18N4O3. The molecule has 7 nitrogen and oxygen atoms in total. The molecule has 1 fully saturated rings. The maximum atomic E-state index is 11.1. The summed E-state index contributed by atoms with van der Waals surface area (Å²) in [5, 5.41) is 14.0. The standard InChI is InChI=1S/C13H18N4O3/c1-9(18)15-10-5-7-16(8-6-10)12-4-2-3-11(14)13(12)17(19)20/h2-4,10H,5-8,14H2,1H3,(H,15,18). The molecule has 1 aromatic rings. The Labute approximate surface area is 116 Å². The van der Waals surface area contributed by atoms with Crippen molar-refractivity contribution in [3.63, 3.8) is 0 Å². The lowest BCUT2D eigenvalue weighted by Crippen LogP contribution is -2.44. The average molecular weight is 278 g/mol. The van der Waals surface area contributed by atoms with E-state index in [9.17, 15) is 14.9 Å².